The second-order valence-electron chi connectivity index (χ2n) is 6.69. The van der Waals surface area contributed by atoms with E-state index in [0.29, 0.717) is 5.96 Å². The van der Waals surface area contributed by atoms with Gasteiger partial charge in [0, 0.05) is 31.7 Å². The fraction of sp³-hybridized carbons (Fsp3) is 0.273. The molecule has 1 heterocycles. The number of aliphatic imine (C=N–C) groups is 1. The highest BCUT2D eigenvalue weighted by Crippen LogP contribution is 2.26. The number of fused-ring (bicyclic) bond motifs is 1. The van der Waals surface area contributed by atoms with Gasteiger partial charge in [-0.2, -0.15) is 0 Å². The fourth-order valence-electron chi connectivity index (χ4n) is 3.19. The van der Waals surface area contributed by atoms with E-state index >= 15 is 0 Å². The summed E-state index contributed by atoms with van der Waals surface area (Å²) in [5.74, 6) is 1.10. The Bertz CT molecular complexity index is 934. The van der Waals surface area contributed by atoms with E-state index < -0.39 is 0 Å². The second-order valence-corrected chi connectivity index (χ2v) is 6.69. The van der Waals surface area contributed by atoms with Crippen LogP contribution < -0.4 is 11.1 Å². The van der Waals surface area contributed by atoms with Gasteiger partial charge in [-0.15, -0.1) is 0 Å². The molecule has 3 N–H and O–H groups in total. The van der Waals surface area contributed by atoms with Crippen molar-refractivity contribution >= 4 is 22.5 Å². The van der Waals surface area contributed by atoms with Gasteiger partial charge in [-0.3, -0.25) is 9.89 Å². The minimum atomic E-state index is 0.359. The number of hydrogen-bond donors (Lipinski definition) is 2. The lowest BCUT2D eigenvalue weighted by Crippen LogP contribution is -2.23. The highest BCUT2D eigenvalue weighted by Gasteiger charge is 2.10. The molecule has 140 valence electrons. The number of hydrogen-bond acceptors (Lipinski definition) is 3. The number of aromatic nitrogens is 1. The Morgan fingerprint density at radius 2 is 1.81 bits per heavy atom. The molecule has 0 unspecified atom stereocenters. The normalized spacial score (nSPS) is 11.9. The molecule has 0 radical (unpaired) electrons. The summed E-state index contributed by atoms with van der Waals surface area (Å²) in [4.78, 5) is 10.9. The molecule has 0 fully saturated rings. The van der Waals surface area contributed by atoms with Crippen molar-refractivity contribution in [3.8, 4) is 0 Å². The Labute approximate surface area is 160 Å². The highest BCUT2D eigenvalue weighted by atomic mass is 15.1. The number of aryl methyl sites for hydroxylation is 1. The van der Waals surface area contributed by atoms with Gasteiger partial charge < -0.3 is 11.1 Å². The topological polar surface area (TPSA) is 66.5 Å². The van der Waals surface area contributed by atoms with E-state index in [9.17, 15) is 0 Å². The molecule has 3 rings (SSSR count). The van der Waals surface area contributed by atoms with E-state index in [2.05, 4.69) is 82.6 Å². The van der Waals surface area contributed by atoms with Gasteiger partial charge in [0.15, 0.2) is 5.96 Å². The van der Waals surface area contributed by atoms with Crippen LogP contribution in [0.25, 0.3) is 10.8 Å². The maximum atomic E-state index is 5.85. The number of benzene rings is 2. The summed E-state index contributed by atoms with van der Waals surface area (Å²) >= 11 is 0. The SMILES string of the molecule is CCN(Cc1ccccc1)Cc1ccc2c(C)cnc(NC(N)=NC)c2c1. The van der Waals surface area contributed by atoms with Crippen molar-refractivity contribution in [2.24, 2.45) is 10.7 Å². The Morgan fingerprint density at radius 1 is 1.07 bits per heavy atom. The summed E-state index contributed by atoms with van der Waals surface area (Å²) in [6.45, 7) is 7.07. The van der Waals surface area contributed by atoms with Crippen molar-refractivity contribution in [3.05, 3.63) is 71.4 Å². The molecule has 3 aromatic rings. The van der Waals surface area contributed by atoms with E-state index in [1.54, 1.807) is 7.05 Å². The summed E-state index contributed by atoms with van der Waals surface area (Å²) in [5.41, 5.74) is 9.57. The molecular weight excluding hydrogens is 334 g/mol. The van der Waals surface area contributed by atoms with Crippen LogP contribution in [0.3, 0.4) is 0 Å². The zero-order chi connectivity index (χ0) is 19.2. The minimum absolute atomic E-state index is 0.359. The van der Waals surface area contributed by atoms with Gasteiger partial charge in [0.05, 0.1) is 0 Å². The van der Waals surface area contributed by atoms with Crippen LogP contribution in [0.4, 0.5) is 5.82 Å². The number of nitrogens with one attached hydrogen (secondary N) is 1. The fourth-order valence-corrected chi connectivity index (χ4v) is 3.19. The van der Waals surface area contributed by atoms with Crippen LogP contribution in [0.5, 0.6) is 0 Å². The summed E-state index contributed by atoms with van der Waals surface area (Å²) in [6, 6.07) is 17.1. The van der Waals surface area contributed by atoms with Gasteiger partial charge >= 0.3 is 0 Å². The van der Waals surface area contributed by atoms with Crippen LogP contribution in [0.1, 0.15) is 23.6 Å². The molecule has 1 aromatic heterocycles. The minimum Gasteiger partial charge on any atom is -0.370 e. The summed E-state index contributed by atoms with van der Waals surface area (Å²) in [5, 5.41) is 5.34. The summed E-state index contributed by atoms with van der Waals surface area (Å²) in [6.07, 6.45) is 1.86. The van der Waals surface area contributed by atoms with Crippen LogP contribution >= 0.6 is 0 Å². The predicted octanol–water partition coefficient (Wildman–Crippen LogP) is 3.92. The van der Waals surface area contributed by atoms with Crippen molar-refractivity contribution in [3.63, 3.8) is 0 Å². The third-order valence-corrected chi connectivity index (χ3v) is 4.74. The summed E-state index contributed by atoms with van der Waals surface area (Å²) < 4.78 is 0. The standard InChI is InChI=1S/C22H27N5/c1-4-27(14-17-8-6-5-7-9-17)15-18-10-11-19-16(2)13-25-21(20(19)12-18)26-22(23)24-3/h5-13H,4,14-15H2,1-3H3,(H3,23,24,25,26). The quantitative estimate of drug-likeness (QED) is 0.516. The lowest BCUT2D eigenvalue weighted by molar-refractivity contribution is 0.271. The maximum absolute atomic E-state index is 5.85. The van der Waals surface area contributed by atoms with E-state index in [-0.39, 0.29) is 0 Å². The molecule has 27 heavy (non-hydrogen) atoms. The van der Waals surface area contributed by atoms with E-state index in [1.807, 2.05) is 6.20 Å². The van der Waals surface area contributed by atoms with Crippen LogP contribution in [-0.2, 0) is 13.1 Å². The van der Waals surface area contributed by atoms with Crippen molar-refractivity contribution in [2.75, 3.05) is 18.9 Å². The lowest BCUT2D eigenvalue weighted by atomic mass is 10.0. The molecule has 0 saturated carbocycles. The van der Waals surface area contributed by atoms with E-state index in [1.165, 1.54) is 16.5 Å². The monoisotopic (exact) mass is 361 g/mol. The van der Waals surface area contributed by atoms with Crippen molar-refractivity contribution in [1.82, 2.24) is 9.88 Å². The van der Waals surface area contributed by atoms with Crippen molar-refractivity contribution in [2.45, 2.75) is 26.9 Å². The third kappa shape index (κ3) is 4.63. The zero-order valence-corrected chi connectivity index (χ0v) is 16.2. The molecule has 0 bridgehead atoms. The molecule has 0 saturated heterocycles. The molecule has 0 spiro atoms. The molecule has 5 nitrogen and oxygen atoms in total. The first-order valence-electron chi connectivity index (χ1n) is 9.24. The molecule has 0 aliphatic heterocycles. The first-order chi connectivity index (χ1) is 13.1. The molecule has 0 aliphatic carbocycles. The molecule has 0 amide bonds. The van der Waals surface area contributed by atoms with Gasteiger partial charge in [0.2, 0.25) is 0 Å². The van der Waals surface area contributed by atoms with Crippen LogP contribution in [0.2, 0.25) is 0 Å². The van der Waals surface area contributed by atoms with Gasteiger partial charge in [0.1, 0.15) is 5.82 Å². The first-order valence-corrected chi connectivity index (χ1v) is 9.24. The van der Waals surface area contributed by atoms with Crippen LogP contribution in [0, 0.1) is 6.92 Å². The van der Waals surface area contributed by atoms with Gasteiger partial charge in [-0.1, -0.05) is 49.4 Å². The second kappa shape index (κ2) is 8.64. The van der Waals surface area contributed by atoms with Crippen molar-refractivity contribution < 1.29 is 0 Å². The molecule has 2 aromatic carbocycles. The smallest absolute Gasteiger partial charge is 0.194 e. The number of nitrogens with zero attached hydrogens (tertiary/aromatic N) is 3. The molecular formula is C22H27N5. The van der Waals surface area contributed by atoms with E-state index in [0.717, 1.165) is 36.4 Å². The number of nitrogens with two attached hydrogens (primary N) is 1. The number of anilines is 1. The largest absolute Gasteiger partial charge is 0.370 e. The highest BCUT2D eigenvalue weighted by molar-refractivity contribution is 6.02. The third-order valence-electron chi connectivity index (χ3n) is 4.74. The van der Waals surface area contributed by atoms with Gasteiger partial charge in [-0.25, -0.2) is 4.98 Å². The molecule has 5 heteroatoms. The Balaban J connectivity index is 1.89. The number of pyridine rings is 1. The number of rotatable bonds is 6. The Hall–Kier alpha value is -2.92. The first kappa shape index (κ1) is 18.9. The molecule has 0 atom stereocenters. The maximum Gasteiger partial charge on any atom is 0.194 e. The Kier molecular flexibility index (Phi) is 6.04. The molecule has 0 aliphatic rings. The Morgan fingerprint density at radius 3 is 2.52 bits per heavy atom. The average molecular weight is 361 g/mol. The summed E-state index contributed by atoms with van der Waals surface area (Å²) in [7, 11) is 1.66. The van der Waals surface area contributed by atoms with Crippen LogP contribution in [0.15, 0.2) is 59.7 Å². The average Bonchev–Trinajstić information content (AvgIpc) is 2.70. The lowest BCUT2D eigenvalue weighted by Gasteiger charge is -2.21. The van der Waals surface area contributed by atoms with Crippen LogP contribution in [-0.4, -0.2) is 29.4 Å². The van der Waals surface area contributed by atoms with Gasteiger partial charge in [-0.05, 0) is 41.6 Å². The zero-order valence-electron chi connectivity index (χ0n) is 16.2. The number of guanidine groups is 1. The van der Waals surface area contributed by atoms with Gasteiger partial charge in [0.25, 0.3) is 0 Å². The van der Waals surface area contributed by atoms with E-state index in [4.69, 9.17) is 5.73 Å². The van der Waals surface area contributed by atoms with Crippen molar-refractivity contribution in [1.29, 1.82) is 0 Å². The predicted molar refractivity (Wildman–Crippen MR) is 114 cm³/mol.